The van der Waals surface area contributed by atoms with Crippen molar-refractivity contribution < 1.29 is 22.0 Å². The maximum atomic E-state index is 12.9. The van der Waals surface area contributed by atoms with Crippen LogP contribution in [0, 0.1) is 12.7 Å². The van der Waals surface area contributed by atoms with Gasteiger partial charge in [-0.15, -0.1) is 0 Å². The van der Waals surface area contributed by atoms with Crippen LogP contribution in [-0.4, -0.2) is 18.9 Å². The van der Waals surface area contributed by atoms with Crippen LogP contribution < -0.4 is 5.32 Å². The molecule has 0 aromatic heterocycles. The smallest absolute Gasteiger partial charge is 0.307 e. The molecule has 0 saturated heterocycles. The van der Waals surface area contributed by atoms with E-state index < -0.39 is 24.7 Å². The zero-order chi connectivity index (χ0) is 13.1. The highest BCUT2D eigenvalue weighted by atomic mass is 19.3. The number of rotatable bonds is 5. The van der Waals surface area contributed by atoms with E-state index in [1.54, 1.807) is 0 Å². The fraction of sp³-hybridized carbons (Fsp3) is 0.455. The van der Waals surface area contributed by atoms with Crippen LogP contribution in [0.1, 0.15) is 11.1 Å². The van der Waals surface area contributed by atoms with Gasteiger partial charge in [0.15, 0.2) is 0 Å². The lowest BCUT2D eigenvalue weighted by Crippen LogP contribution is -2.38. The average Bonchev–Trinajstić information content (AvgIpc) is 2.23. The summed E-state index contributed by atoms with van der Waals surface area (Å²) < 4.78 is 61.5. The highest BCUT2D eigenvalue weighted by Crippen LogP contribution is 2.21. The molecular weight excluding hydrogens is 241 g/mol. The minimum absolute atomic E-state index is 0.0105. The van der Waals surface area contributed by atoms with Crippen molar-refractivity contribution in [1.29, 1.82) is 0 Å². The maximum Gasteiger partial charge on any atom is 0.319 e. The van der Waals surface area contributed by atoms with Crippen LogP contribution in [-0.2, 0) is 6.54 Å². The van der Waals surface area contributed by atoms with E-state index in [-0.39, 0.29) is 6.54 Å². The largest absolute Gasteiger partial charge is 0.319 e. The Bertz CT molecular complexity index is 378. The fourth-order valence-corrected chi connectivity index (χ4v) is 1.27. The minimum Gasteiger partial charge on any atom is -0.307 e. The number of halogens is 5. The van der Waals surface area contributed by atoms with Crippen molar-refractivity contribution in [2.75, 3.05) is 6.54 Å². The summed E-state index contributed by atoms with van der Waals surface area (Å²) in [6, 6.07) is 4.09. The summed E-state index contributed by atoms with van der Waals surface area (Å²) in [6.07, 6.45) is -3.69. The Morgan fingerprint density at radius 3 is 2.47 bits per heavy atom. The van der Waals surface area contributed by atoms with Gasteiger partial charge in [0, 0.05) is 6.54 Å². The Labute approximate surface area is 95.6 Å². The van der Waals surface area contributed by atoms with Crippen LogP contribution in [0.4, 0.5) is 22.0 Å². The van der Waals surface area contributed by atoms with E-state index in [1.807, 2.05) is 0 Å². The van der Waals surface area contributed by atoms with Crippen molar-refractivity contribution in [3.05, 3.63) is 35.1 Å². The van der Waals surface area contributed by atoms with E-state index in [4.69, 9.17) is 0 Å². The van der Waals surface area contributed by atoms with Crippen molar-refractivity contribution >= 4 is 0 Å². The molecule has 0 aliphatic carbocycles. The van der Waals surface area contributed by atoms with Gasteiger partial charge in [-0.25, -0.2) is 13.2 Å². The second kappa shape index (κ2) is 5.44. The third-order valence-corrected chi connectivity index (χ3v) is 2.23. The normalized spacial score (nSPS) is 12.2. The van der Waals surface area contributed by atoms with E-state index in [1.165, 1.54) is 25.1 Å². The molecule has 0 bridgehead atoms. The first kappa shape index (κ1) is 13.9. The second-order valence-electron chi connectivity index (χ2n) is 3.75. The maximum absolute atomic E-state index is 12.9. The minimum atomic E-state index is -4.05. The number of benzene rings is 1. The molecule has 0 saturated carbocycles. The number of aryl methyl sites for hydroxylation is 1. The van der Waals surface area contributed by atoms with Gasteiger partial charge >= 0.3 is 12.3 Å². The molecule has 0 unspecified atom stereocenters. The van der Waals surface area contributed by atoms with Gasteiger partial charge in [0.05, 0.1) is 6.54 Å². The SMILES string of the molecule is Cc1cc(CNCC(F)(F)C(F)F)ccc1F. The summed E-state index contributed by atoms with van der Waals surface area (Å²) in [5.41, 5.74) is 0.943. The van der Waals surface area contributed by atoms with Gasteiger partial charge in [-0.3, -0.25) is 0 Å². The van der Waals surface area contributed by atoms with Crippen LogP contribution >= 0.6 is 0 Å². The molecule has 0 aliphatic rings. The molecule has 0 spiro atoms. The number of hydrogen-bond donors (Lipinski definition) is 1. The Kier molecular flexibility index (Phi) is 4.45. The van der Waals surface area contributed by atoms with Crippen LogP contribution in [0.5, 0.6) is 0 Å². The molecule has 17 heavy (non-hydrogen) atoms. The molecular formula is C11H12F5N. The lowest BCUT2D eigenvalue weighted by molar-refractivity contribution is -0.125. The molecule has 1 aromatic carbocycles. The zero-order valence-electron chi connectivity index (χ0n) is 9.11. The Morgan fingerprint density at radius 1 is 1.29 bits per heavy atom. The summed E-state index contributed by atoms with van der Waals surface area (Å²) in [6.45, 7) is 0.414. The summed E-state index contributed by atoms with van der Waals surface area (Å²) in [4.78, 5) is 0. The highest BCUT2D eigenvalue weighted by Gasteiger charge is 2.39. The molecule has 0 atom stereocenters. The van der Waals surface area contributed by atoms with E-state index in [9.17, 15) is 22.0 Å². The Balaban J connectivity index is 2.49. The molecule has 0 amide bonds. The topological polar surface area (TPSA) is 12.0 Å². The average molecular weight is 253 g/mol. The van der Waals surface area contributed by atoms with E-state index >= 15 is 0 Å². The van der Waals surface area contributed by atoms with Gasteiger partial charge < -0.3 is 5.32 Å². The molecule has 1 N–H and O–H groups in total. The molecule has 1 nitrogen and oxygen atoms in total. The molecule has 0 fully saturated rings. The third kappa shape index (κ3) is 3.96. The van der Waals surface area contributed by atoms with Crippen molar-refractivity contribution in [3.8, 4) is 0 Å². The number of nitrogens with one attached hydrogen (secondary N) is 1. The molecule has 0 heterocycles. The lowest BCUT2D eigenvalue weighted by Gasteiger charge is -2.15. The first-order valence-electron chi connectivity index (χ1n) is 4.94. The molecule has 1 aromatic rings. The number of hydrogen-bond acceptors (Lipinski definition) is 1. The second-order valence-corrected chi connectivity index (χ2v) is 3.75. The molecule has 6 heteroatoms. The van der Waals surface area contributed by atoms with Gasteiger partial charge in [-0.05, 0) is 24.1 Å². The predicted molar refractivity (Wildman–Crippen MR) is 53.8 cm³/mol. The Hall–Kier alpha value is -1.17. The molecule has 1 rings (SSSR count). The van der Waals surface area contributed by atoms with Gasteiger partial charge in [0.25, 0.3) is 0 Å². The monoisotopic (exact) mass is 253 g/mol. The Morgan fingerprint density at radius 2 is 1.94 bits per heavy atom. The molecule has 0 aliphatic heterocycles. The fourth-order valence-electron chi connectivity index (χ4n) is 1.27. The van der Waals surface area contributed by atoms with E-state index in [0.29, 0.717) is 11.1 Å². The van der Waals surface area contributed by atoms with Crippen LogP contribution in [0.3, 0.4) is 0 Å². The van der Waals surface area contributed by atoms with E-state index in [0.717, 1.165) is 0 Å². The van der Waals surface area contributed by atoms with Crippen LogP contribution in [0.15, 0.2) is 18.2 Å². The van der Waals surface area contributed by atoms with E-state index in [2.05, 4.69) is 5.32 Å². The summed E-state index contributed by atoms with van der Waals surface area (Å²) >= 11 is 0. The highest BCUT2D eigenvalue weighted by molar-refractivity contribution is 5.23. The molecule has 96 valence electrons. The van der Waals surface area contributed by atoms with Crippen molar-refractivity contribution in [2.24, 2.45) is 0 Å². The van der Waals surface area contributed by atoms with Gasteiger partial charge in [0.1, 0.15) is 5.82 Å². The standard InChI is InChI=1S/C11H12F5N/c1-7-4-8(2-3-9(7)12)5-17-6-11(15,16)10(13)14/h2-4,10,17H,5-6H2,1H3. The van der Waals surface area contributed by atoms with Crippen molar-refractivity contribution in [2.45, 2.75) is 25.8 Å². The van der Waals surface area contributed by atoms with Gasteiger partial charge in [-0.2, -0.15) is 8.78 Å². The van der Waals surface area contributed by atoms with Crippen molar-refractivity contribution in [1.82, 2.24) is 5.32 Å². The summed E-state index contributed by atoms with van der Waals surface area (Å²) in [7, 11) is 0. The lowest BCUT2D eigenvalue weighted by atomic mass is 10.1. The van der Waals surface area contributed by atoms with Gasteiger partial charge in [-0.1, -0.05) is 12.1 Å². The first-order chi connectivity index (χ1) is 7.83. The first-order valence-corrected chi connectivity index (χ1v) is 4.94. The zero-order valence-corrected chi connectivity index (χ0v) is 9.11. The van der Waals surface area contributed by atoms with Crippen LogP contribution in [0.2, 0.25) is 0 Å². The van der Waals surface area contributed by atoms with Gasteiger partial charge in [0.2, 0.25) is 0 Å². The van der Waals surface area contributed by atoms with Crippen LogP contribution in [0.25, 0.3) is 0 Å². The summed E-state index contributed by atoms with van der Waals surface area (Å²) in [5, 5.41) is 2.22. The van der Waals surface area contributed by atoms with Crippen molar-refractivity contribution in [3.63, 3.8) is 0 Å². The quantitative estimate of drug-likeness (QED) is 0.795. The number of alkyl halides is 4. The molecule has 0 radical (unpaired) electrons. The predicted octanol–water partition coefficient (Wildman–Crippen LogP) is 3.12. The summed E-state index contributed by atoms with van der Waals surface area (Å²) in [5.74, 6) is -4.44. The third-order valence-electron chi connectivity index (χ3n) is 2.23.